The zero-order valence-corrected chi connectivity index (χ0v) is 24.7. The molecule has 4 aromatic carbocycles. The van der Waals surface area contributed by atoms with Crippen molar-refractivity contribution in [3.63, 3.8) is 0 Å². The molecule has 9 nitrogen and oxygen atoms in total. The van der Waals surface area contributed by atoms with Crippen molar-refractivity contribution >= 4 is 46.9 Å². The second kappa shape index (κ2) is 15.1. The standard InChI is InChI=1S/C33H31N3O6S/c1-40-25-14-12-22(13-15-25)18-29(36-32(38)23-8-5-4-6-9-23)33(39)34-24-10-7-11-27(19-24)43-21-31(37)35-28-17-16-26(41-2)20-30(28)42-3/h4-20H,21H2,1-3H3,(H,34,39)(H,35,37)(H,36,38)/b29-18+. The molecule has 3 N–H and O–H groups in total. The van der Waals surface area contributed by atoms with Gasteiger partial charge in [-0.05, 0) is 66.2 Å². The zero-order chi connectivity index (χ0) is 30.6. The van der Waals surface area contributed by atoms with Crippen molar-refractivity contribution in [2.24, 2.45) is 0 Å². The van der Waals surface area contributed by atoms with Crippen LogP contribution < -0.4 is 30.2 Å². The van der Waals surface area contributed by atoms with E-state index in [1.165, 1.54) is 18.9 Å². The molecule has 4 aromatic rings. The first-order chi connectivity index (χ1) is 20.9. The molecule has 10 heteroatoms. The summed E-state index contributed by atoms with van der Waals surface area (Å²) >= 11 is 1.31. The number of anilines is 2. The van der Waals surface area contributed by atoms with Crippen molar-refractivity contribution in [1.29, 1.82) is 0 Å². The highest BCUT2D eigenvalue weighted by Gasteiger charge is 2.16. The van der Waals surface area contributed by atoms with Crippen LogP contribution in [0.5, 0.6) is 17.2 Å². The van der Waals surface area contributed by atoms with E-state index in [4.69, 9.17) is 14.2 Å². The summed E-state index contributed by atoms with van der Waals surface area (Å²) in [5.74, 6) is 0.747. The van der Waals surface area contributed by atoms with Crippen molar-refractivity contribution in [1.82, 2.24) is 5.32 Å². The molecule has 0 saturated heterocycles. The molecular formula is C33H31N3O6S. The third kappa shape index (κ3) is 8.88. The summed E-state index contributed by atoms with van der Waals surface area (Å²) in [5, 5.41) is 8.42. The van der Waals surface area contributed by atoms with Gasteiger partial charge < -0.3 is 30.2 Å². The highest BCUT2D eigenvalue weighted by Crippen LogP contribution is 2.29. The molecular weight excluding hydrogens is 566 g/mol. The Morgan fingerprint density at radius 3 is 2.16 bits per heavy atom. The lowest BCUT2D eigenvalue weighted by atomic mass is 10.1. The zero-order valence-electron chi connectivity index (χ0n) is 23.9. The normalized spacial score (nSPS) is 10.8. The van der Waals surface area contributed by atoms with E-state index < -0.39 is 11.8 Å². The van der Waals surface area contributed by atoms with E-state index in [9.17, 15) is 14.4 Å². The monoisotopic (exact) mass is 597 g/mol. The molecule has 0 aliphatic carbocycles. The SMILES string of the molecule is COc1ccc(/C=C(/NC(=O)c2ccccc2)C(=O)Nc2cccc(SCC(=O)Nc3ccc(OC)cc3OC)c2)cc1. The second-order valence-electron chi connectivity index (χ2n) is 9.04. The summed E-state index contributed by atoms with van der Waals surface area (Å²) in [6.07, 6.45) is 1.59. The molecule has 0 heterocycles. The molecule has 43 heavy (non-hydrogen) atoms. The van der Waals surface area contributed by atoms with Gasteiger partial charge in [0.15, 0.2) is 0 Å². The number of methoxy groups -OCH3 is 3. The molecule has 0 aromatic heterocycles. The van der Waals surface area contributed by atoms with Crippen LogP contribution in [0.1, 0.15) is 15.9 Å². The first-order valence-corrected chi connectivity index (χ1v) is 14.2. The third-order valence-corrected chi connectivity index (χ3v) is 7.09. The number of thioether (sulfide) groups is 1. The van der Waals surface area contributed by atoms with E-state index in [2.05, 4.69) is 16.0 Å². The minimum absolute atomic E-state index is 0.0601. The summed E-state index contributed by atoms with van der Waals surface area (Å²) < 4.78 is 15.7. The second-order valence-corrected chi connectivity index (χ2v) is 10.1. The van der Waals surface area contributed by atoms with Crippen molar-refractivity contribution in [3.8, 4) is 17.2 Å². The Labute approximate surface area is 254 Å². The van der Waals surface area contributed by atoms with Crippen molar-refractivity contribution in [2.45, 2.75) is 4.90 Å². The maximum Gasteiger partial charge on any atom is 0.272 e. The lowest BCUT2D eigenvalue weighted by Gasteiger charge is -2.13. The Hall–Kier alpha value is -5.22. The lowest BCUT2D eigenvalue weighted by Crippen LogP contribution is -2.30. The van der Waals surface area contributed by atoms with Crippen LogP contribution in [-0.4, -0.2) is 44.8 Å². The maximum atomic E-state index is 13.4. The topological polar surface area (TPSA) is 115 Å². The molecule has 0 bridgehead atoms. The van der Waals surface area contributed by atoms with Gasteiger partial charge in [0.05, 0.1) is 32.8 Å². The van der Waals surface area contributed by atoms with Crippen LogP contribution in [0.3, 0.4) is 0 Å². The fourth-order valence-corrected chi connectivity index (χ4v) is 4.66. The largest absolute Gasteiger partial charge is 0.497 e. The summed E-state index contributed by atoms with van der Waals surface area (Å²) in [7, 11) is 4.64. The maximum absolute atomic E-state index is 13.4. The minimum Gasteiger partial charge on any atom is -0.497 e. The Bertz CT molecular complexity index is 1610. The van der Waals surface area contributed by atoms with Gasteiger partial charge in [0.1, 0.15) is 22.9 Å². The Morgan fingerprint density at radius 2 is 1.47 bits per heavy atom. The molecule has 0 fully saturated rings. The number of carbonyl (C=O) groups is 3. The van der Waals surface area contributed by atoms with Gasteiger partial charge in [0.25, 0.3) is 11.8 Å². The van der Waals surface area contributed by atoms with E-state index >= 15 is 0 Å². The summed E-state index contributed by atoms with van der Waals surface area (Å²) in [4.78, 5) is 39.7. The van der Waals surface area contributed by atoms with Gasteiger partial charge in [-0.15, -0.1) is 11.8 Å². The van der Waals surface area contributed by atoms with Crippen LogP contribution in [0.15, 0.2) is 108 Å². The molecule has 0 aliphatic rings. The molecule has 0 radical (unpaired) electrons. The quantitative estimate of drug-likeness (QED) is 0.139. The molecule has 0 saturated carbocycles. The fourth-order valence-electron chi connectivity index (χ4n) is 3.91. The van der Waals surface area contributed by atoms with Gasteiger partial charge in [-0.25, -0.2) is 0 Å². The third-order valence-electron chi connectivity index (χ3n) is 6.10. The number of hydrogen-bond acceptors (Lipinski definition) is 7. The average molecular weight is 598 g/mol. The molecule has 0 atom stereocenters. The number of amides is 3. The number of benzene rings is 4. The number of nitrogens with one attached hydrogen (secondary N) is 3. The van der Waals surface area contributed by atoms with Gasteiger partial charge in [-0.1, -0.05) is 36.4 Å². The van der Waals surface area contributed by atoms with Gasteiger partial charge in [-0.2, -0.15) is 0 Å². The summed E-state index contributed by atoms with van der Waals surface area (Å²) in [5.41, 5.74) is 2.21. The van der Waals surface area contributed by atoms with Crippen LogP contribution in [-0.2, 0) is 9.59 Å². The van der Waals surface area contributed by atoms with Crippen LogP contribution in [0.25, 0.3) is 6.08 Å². The van der Waals surface area contributed by atoms with E-state index in [1.807, 2.05) is 12.1 Å². The molecule has 3 amide bonds. The van der Waals surface area contributed by atoms with Crippen molar-refractivity contribution < 1.29 is 28.6 Å². The highest BCUT2D eigenvalue weighted by molar-refractivity contribution is 8.00. The van der Waals surface area contributed by atoms with E-state index in [0.717, 1.165) is 4.90 Å². The average Bonchev–Trinajstić information content (AvgIpc) is 3.04. The molecule has 220 valence electrons. The van der Waals surface area contributed by atoms with Crippen LogP contribution in [0.2, 0.25) is 0 Å². The number of carbonyl (C=O) groups excluding carboxylic acids is 3. The highest BCUT2D eigenvalue weighted by atomic mass is 32.2. The lowest BCUT2D eigenvalue weighted by molar-refractivity contribution is -0.114. The Kier molecular flexibility index (Phi) is 10.8. The number of ether oxygens (including phenoxy) is 3. The molecule has 4 rings (SSSR count). The number of hydrogen-bond donors (Lipinski definition) is 3. The predicted octanol–water partition coefficient (Wildman–Crippen LogP) is 5.85. The Morgan fingerprint density at radius 1 is 0.744 bits per heavy atom. The van der Waals surface area contributed by atoms with Gasteiger partial charge in [-0.3, -0.25) is 14.4 Å². The summed E-state index contributed by atoms with van der Waals surface area (Å²) in [6.45, 7) is 0. The van der Waals surface area contributed by atoms with Gasteiger partial charge in [0.2, 0.25) is 5.91 Å². The van der Waals surface area contributed by atoms with Crippen LogP contribution in [0, 0.1) is 0 Å². The first kappa shape index (κ1) is 30.7. The van der Waals surface area contributed by atoms with E-state index in [-0.39, 0.29) is 17.4 Å². The van der Waals surface area contributed by atoms with Gasteiger partial charge >= 0.3 is 0 Å². The van der Waals surface area contributed by atoms with E-state index in [1.54, 1.807) is 105 Å². The Balaban J connectivity index is 1.44. The van der Waals surface area contributed by atoms with Crippen molar-refractivity contribution in [3.05, 3.63) is 114 Å². The van der Waals surface area contributed by atoms with Crippen LogP contribution in [0.4, 0.5) is 11.4 Å². The number of rotatable bonds is 12. The first-order valence-electron chi connectivity index (χ1n) is 13.2. The van der Waals surface area contributed by atoms with Crippen molar-refractivity contribution in [2.75, 3.05) is 37.7 Å². The molecule has 0 unspecified atom stereocenters. The molecule has 0 spiro atoms. The summed E-state index contributed by atoms with van der Waals surface area (Å²) in [6, 6.07) is 28.0. The molecule has 0 aliphatic heterocycles. The van der Waals surface area contributed by atoms with Crippen LogP contribution >= 0.6 is 11.8 Å². The fraction of sp³-hybridized carbons (Fsp3) is 0.121. The minimum atomic E-state index is -0.508. The predicted molar refractivity (Wildman–Crippen MR) is 169 cm³/mol. The van der Waals surface area contributed by atoms with Gasteiger partial charge in [0, 0.05) is 22.2 Å². The smallest absolute Gasteiger partial charge is 0.272 e. The van der Waals surface area contributed by atoms with E-state index in [0.29, 0.717) is 39.8 Å².